The number of sulfonamides is 1. The zero-order chi connectivity index (χ0) is 15.1. The van der Waals surface area contributed by atoms with Crippen LogP contribution in [-0.2, 0) is 25.9 Å². The Labute approximate surface area is 125 Å². The van der Waals surface area contributed by atoms with Gasteiger partial charge in [-0.1, -0.05) is 6.07 Å². The molecule has 2 rings (SSSR count). The zero-order valence-corrected chi connectivity index (χ0v) is 13.0. The van der Waals surface area contributed by atoms with Gasteiger partial charge in [0, 0.05) is 32.5 Å². The molecule has 0 saturated heterocycles. The summed E-state index contributed by atoms with van der Waals surface area (Å²) in [6, 6.07) is 5.22. The van der Waals surface area contributed by atoms with Gasteiger partial charge in [0.15, 0.2) is 0 Å². The lowest BCUT2D eigenvalue weighted by Gasteiger charge is -2.09. The van der Waals surface area contributed by atoms with Gasteiger partial charge in [0.05, 0.1) is 18.1 Å². The van der Waals surface area contributed by atoms with E-state index >= 15 is 0 Å². The van der Waals surface area contributed by atoms with Gasteiger partial charge in [-0.25, -0.2) is 13.1 Å². The Hall–Kier alpha value is -1.15. The molecule has 0 bridgehead atoms. The molecular formula is C14H22N2O4S. The Morgan fingerprint density at radius 1 is 1.29 bits per heavy atom. The summed E-state index contributed by atoms with van der Waals surface area (Å²) < 4.78 is 37.1. The predicted molar refractivity (Wildman–Crippen MR) is 81.1 cm³/mol. The average molecular weight is 314 g/mol. The summed E-state index contributed by atoms with van der Waals surface area (Å²) in [5.74, 6) is 0. The SMILES string of the molecule is COCCOCCCNS(=O)(=O)c1ccc2c(c1)NCC2. The van der Waals surface area contributed by atoms with E-state index in [1.165, 1.54) is 5.56 Å². The molecule has 0 atom stereocenters. The van der Waals surface area contributed by atoms with Gasteiger partial charge in [-0.2, -0.15) is 0 Å². The Morgan fingerprint density at radius 2 is 2.14 bits per heavy atom. The number of methoxy groups -OCH3 is 1. The van der Waals surface area contributed by atoms with E-state index in [0.29, 0.717) is 37.7 Å². The molecule has 1 aliphatic rings. The molecule has 0 unspecified atom stereocenters. The van der Waals surface area contributed by atoms with Gasteiger partial charge in [-0.15, -0.1) is 0 Å². The lowest BCUT2D eigenvalue weighted by Crippen LogP contribution is -2.25. The molecular weight excluding hydrogens is 292 g/mol. The van der Waals surface area contributed by atoms with Crippen LogP contribution in [0.3, 0.4) is 0 Å². The Morgan fingerprint density at radius 3 is 2.95 bits per heavy atom. The van der Waals surface area contributed by atoms with Crippen LogP contribution in [0.1, 0.15) is 12.0 Å². The number of nitrogens with one attached hydrogen (secondary N) is 2. The van der Waals surface area contributed by atoms with Crippen molar-refractivity contribution in [1.29, 1.82) is 0 Å². The van der Waals surface area contributed by atoms with Crippen LogP contribution in [0.2, 0.25) is 0 Å². The third-order valence-electron chi connectivity index (χ3n) is 3.29. The highest BCUT2D eigenvalue weighted by atomic mass is 32.2. The van der Waals surface area contributed by atoms with E-state index in [-0.39, 0.29) is 0 Å². The van der Waals surface area contributed by atoms with E-state index in [9.17, 15) is 8.42 Å². The Kier molecular flexibility index (Phi) is 5.98. The summed E-state index contributed by atoms with van der Waals surface area (Å²) in [4.78, 5) is 0.302. The molecule has 0 amide bonds. The van der Waals surface area contributed by atoms with Crippen LogP contribution in [0.5, 0.6) is 0 Å². The summed E-state index contributed by atoms with van der Waals surface area (Å²) >= 11 is 0. The van der Waals surface area contributed by atoms with E-state index in [4.69, 9.17) is 9.47 Å². The number of fused-ring (bicyclic) bond motifs is 1. The van der Waals surface area contributed by atoms with Crippen molar-refractivity contribution >= 4 is 15.7 Å². The molecule has 21 heavy (non-hydrogen) atoms. The average Bonchev–Trinajstić information content (AvgIpc) is 2.93. The number of hydrogen-bond donors (Lipinski definition) is 2. The molecule has 6 nitrogen and oxygen atoms in total. The molecule has 1 aromatic carbocycles. The van der Waals surface area contributed by atoms with Gasteiger partial charge in [0.1, 0.15) is 0 Å². The molecule has 1 heterocycles. The standard InChI is InChI=1S/C14H22N2O4S/c1-19-9-10-20-8-2-6-16-21(17,18)13-4-3-12-5-7-15-14(12)11-13/h3-4,11,15-16H,2,5-10H2,1H3. The van der Waals surface area contributed by atoms with Crippen LogP contribution >= 0.6 is 0 Å². The topological polar surface area (TPSA) is 76.7 Å². The predicted octanol–water partition coefficient (Wildman–Crippen LogP) is 0.986. The van der Waals surface area contributed by atoms with E-state index < -0.39 is 10.0 Å². The van der Waals surface area contributed by atoms with Crippen molar-refractivity contribution < 1.29 is 17.9 Å². The van der Waals surface area contributed by atoms with Crippen molar-refractivity contribution in [1.82, 2.24) is 4.72 Å². The van der Waals surface area contributed by atoms with E-state index in [1.807, 2.05) is 6.07 Å². The fourth-order valence-corrected chi connectivity index (χ4v) is 3.25. The zero-order valence-electron chi connectivity index (χ0n) is 12.2. The third-order valence-corrected chi connectivity index (χ3v) is 4.75. The van der Waals surface area contributed by atoms with Crippen molar-refractivity contribution in [3.63, 3.8) is 0 Å². The largest absolute Gasteiger partial charge is 0.384 e. The summed E-state index contributed by atoms with van der Waals surface area (Å²) in [5, 5.41) is 3.18. The molecule has 0 radical (unpaired) electrons. The van der Waals surface area contributed by atoms with Crippen molar-refractivity contribution in [2.75, 3.05) is 45.3 Å². The van der Waals surface area contributed by atoms with Crippen molar-refractivity contribution in [2.24, 2.45) is 0 Å². The van der Waals surface area contributed by atoms with Gasteiger partial charge >= 0.3 is 0 Å². The number of benzene rings is 1. The van der Waals surface area contributed by atoms with Gasteiger partial charge in [0.25, 0.3) is 0 Å². The number of rotatable bonds is 9. The molecule has 1 aromatic rings. The fourth-order valence-electron chi connectivity index (χ4n) is 2.15. The first-order valence-corrected chi connectivity index (χ1v) is 8.55. The Bertz CT molecular complexity index is 560. The molecule has 0 saturated carbocycles. The summed E-state index contributed by atoms with van der Waals surface area (Å²) in [7, 11) is -1.84. The normalized spacial score (nSPS) is 14.0. The molecule has 118 valence electrons. The van der Waals surface area contributed by atoms with E-state index in [1.54, 1.807) is 19.2 Å². The quantitative estimate of drug-likeness (QED) is 0.665. The minimum Gasteiger partial charge on any atom is -0.384 e. The number of hydrogen-bond acceptors (Lipinski definition) is 5. The second-order valence-electron chi connectivity index (χ2n) is 4.85. The Balaban J connectivity index is 1.79. The molecule has 0 aromatic heterocycles. The summed E-state index contributed by atoms with van der Waals surface area (Å²) in [6.45, 7) is 2.82. The fraction of sp³-hybridized carbons (Fsp3) is 0.571. The van der Waals surface area contributed by atoms with Crippen LogP contribution in [-0.4, -0.2) is 48.4 Å². The molecule has 0 spiro atoms. The van der Waals surface area contributed by atoms with Crippen molar-refractivity contribution in [3.05, 3.63) is 23.8 Å². The first kappa shape index (κ1) is 16.2. The van der Waals surface area contributed by atoms with Crippen LogP contribution in [0, 0.1) is 0 Å². The summed E-state index contributed by atoms with van der Waals surface area (Å²) in [5.41, 5.74) is 2.08. The second kappa shape index (κ2) is 7.74. The lowest BCUT2D eigenvalue weighted by molar-refractivity contribution is 0.0699. The molecule has 0 fully saturated rings. The molecule has 1 aliphatic heterocycles. The first-order valence-electron chi connectivity index (χ1n) is 7.06. The van der Waals surface area contributed by atoms with Crippen LogP contribution in [0.25, 0.3) is 0 Å². The highest BCUT2D eigenvalue weighted by Gasteiger charge is 2.17. The maximum atomic E-state index is 12.2. The van der Waals surface area contributed by atoms with Gasteiger partial charge < -0.3 is 14.8 Å². The van der Waals surface area contributed by atoms with Gasteiger partial charge in [-0.05, 0) is 30.5 Å². The van der Waals surface area contributed by atoms with Crippen LogP contribution < -0.4 is 10.0 Å². The maximum absolute atomic E-state index is 12.2. The minimum absolute atomic E-state index is 0.302. The highest BCUT2D eigenvalue weighted by molar-refractivity contribution is 7.89. The number of anilines is 1. The summed E-state index contributed by atoms with van der Waals surface area (Å²) in [6.07, 6.45) is 1.58. The van der Waals surface area contributed by atoms with E-state index in [2.05, 4.69) is 10.0 Å². The molecule has 0 aliphatic carbocycles. The van der Waals surface area contributed by atoms with Crippen LogP contribution in [0.4, 0.5) is 5.69 Å². The third kappa shape index (κ3) is 4.67. The molecule has 7 heteroatoms. The monoisotopic (exact) mass is 314 g/mol. The molecule has 2 N–H and O–H groups in total. The lowest BCUT2D eigenvalue weighted by atomic mass is 10.2. The van der Waals surface area contributed by atoms with Crippen molar-refractivity contribution in [3.8, 4) is 0 Å². The first-order chi connectivity index (χ1) is 10.1. The van der Waals surface area contributed by atoms with Crippen molar-refractivity contribution in [2.45, 2.75) is 17.7 Å². The smallest absolute Gasteiger partial charge is 0.240 e. The van der Waals surface area contributed by atoms with Gasteiger partial charge in [-0.3, -0.25) is 0 Å². The second-order valence-corrected chi connectivity index (χ2v) is 6.62. The minimum atomic E-state index is -3.45. The van der Waals surface area contributed by atoms with E-state index in [0.717, 1.165) is 18.7 Å². The number of ether oxygens (including phenoxy) is 2. The van der Waals surface area contributed by atoms with Crippen LogP contribution in [0.15, 0.2) is 23.1 Å². The van der Waals surface area contributed by atoms with Gasteiger partial charge in [0.2, 0.25) is 10.0 Å². The maximum Gasteiger partial charge on any atom is 0.240 e. The highest BCUT2D eigenvalue weighted by Crippen LogP contribution is 2.25.